The number of piperidine rings is 1. The highest BCUT2D eigenvalue weighted by atomic mass is 35.5. The number of aryl methyl sites for hydroxylation is 1. The number of nitrogens with zero attached hydrogens (tertiary/aromatic N) is 5. The van der Waals surface area contributed by atoms with Crippen molar-refractivity contribution in [2.75, 3.05) is 32.1 Å². The van der Waals surface area contributed by atoms with Crippen LogP contribution in [0.1, 0.15) is 12.8 Å². The average molecular weight is 370 g/mol. The van der Waals surface area contributed by atoms with Gasteiger partial charge in [0.15, 0.2) is 5.82 Å². The van der Waals surface area contributed by atoms with Gasteiger partial charge in [0.05, 0.1) is 5.52 Å². The van der Waals surface area contributed by atoms with Crippen LogP contribution in [-0.2, 0) is 7.05 Å². The molecule has 4 rings (SSSR count). The smallest absolute Gasteiger partial charge is 0.175 e. The van der Waals surface area contributed by atoms with Gasteiger partial charge in [0, 0.05) is 48.9 Å². The summed E-state index contributed by atoms with van der Waals surface area (Å²) in [6.07, 6.45) is 4.49. The van der Waals surface area contributed by atoms with Crippen LogP contribution in [0.2, 0.25) is 5.02 Å². The molecule has 0 N–H and O–H groups in total. The number of benzene rings is 1. The van der Waals surface area contributed by atoms with Gasteiger partial charge in [-0.2, -0.15) is 0 Å². The lowest BCUT2D eigenvalue weighted by Gasteiger charge is -2.36. The van der Waals surface area contributed by atoms with Crippen molar-refractivity contribution in [3.63, 3.8) is 0 Å². The van der Waals surface area contributed by atoms with Crippen molar-refractivity contribution in [2.45, 2.75) is 18.9 Å². The van der Waals surface area contributed by atoms with Crippen molar-refractivity contribution in [3.05, 3.63) is 41.6 Å². The fraction of sp³-hybridized carbons (Fsp3) is 0.400. The number of anilines is 1. The summed E-state index contributed by atoms with van der Waals surface area (Å²) in [7, 11) is 6.40. The summed E-state index contributed by atoms with van der Waals surface area (Å²) < 4.78 is 2.14. The fourth-order valence-electron chi connectivity index (χ4n) is 3.88. The van der Waals surface area contributed by atoms with Gasteiger partial charge in [0.1, 0.15) is 5.69 Å². The zero-order chi connectivity index (χ0) is 18.3. The Morgan fingerprint density at radius 3 is 2.62 bits per heavy atom. The Morgan fingerprint density at radius 1 is 1.12 bits per heavy atom. The highest BCUT2D eigenvalue weighted by Crippen LogP contribution is 2.33. The minimum Gasteiger partial charge on any atom is -0.352 e. The molecule has 1 aliphatic heterocycles. The van der Waals surface area contributed by atoms with Gasteiger partial charge in [-0.05, 0) is 44.6 Å². The number of fused-ring (bicyclic) bond motifs is 1. The van der Waals surface area contributed by atoms with E-state index in [2.05, 4.69) is 58.0 Å². The third kappa shape index (κ3) is 3.06. The minimum atomic E-state index is 0.461. The van der Waals surface area contributed by atoms with Gasteiger partial charge in [-0.3, -0.25) is 0 Å². The number of hydrogen-bond donors (Lipinski definition) is 0. The molecular formula is C20H24ClN5. The van der Waals surface area contributed by atoms with Crippen molar-refractivity contribution < 1.29 is 0 Å². The first kappa shape index (κ1) is 17.3. The lowest BCUT2D eigenvalue weighted by molar-refractivity contribution is 0.247. The summed E-state index contributed by atoms with van der Waals surface area (Å²) in [5.74, 6) is 0.950. The molecule has 5 nitrogen and oxygen atoms in total. The summed E-state index contributed by atoms with van der Waals surface area (Å²) in [4.78, 5) is 4.69. The molecule has 0 unspecified atom stereocenters. The Bertz CT molecular complexity index is 918. The Hall–Kier alpha value is -2.11. The molecule has 0 aliphatic carbocycles. The number of likely N-dealkylation sites (N-methyl/N-ethyl adjacent to an activating group) is 2. The first-order chi connectivity index (χ1) is 12.5. The van der Waals surface area contributed by atoms with Crippen LogP contribution in [0.5, 0.6) is 0 Å². The molecule has 1 fully saturated rings. The largest absolute Gasteiger partial charge is 0.352 e. The second-order valence-corrected chi connectivity index (χ2v) is 7.67. The van der Waals surface area contributed by atoms with Gasteiger partial charge < -0.3 is 14.4 Å². The van der Waals surface area contributed by atoms with Crippen molar-refractivity contribution in [3.8, 4) is 11.3 Å². The third-order valence-corrected chi connectivity index (χ3v) is 5.64. The van der Waals surface area contributed by atoms with E-state index in [-0.39, 0.29) is 0 Å². The normalized spacial score (nSPS) is 18.4. The SMILES string of the molecule is CN1CCC[C@@H](N(C)c2nnc(-c3ccc(Cl)cc3)c3ccn(C)c23)C1. The lowest BCUT2D eigenvalue weighted by atomic mass is 10.0. The molecule has 3 aromatic rings. The van der Waals surface area contributed by atoms with Crippen LogP contribution < -0.4 is 4.90 Å². The minimum absolute atomic E-state index is 0.461. The molecule has 1 atom stereocenters. The first-order valence-corrected chi connectivity index (χ1v) is 9.41. The second-order valence-electron chi connectivity index (χ2n) is 7.24. The number of rotatable bonds is 3. The van der Waals surface area contributed by atoms with E-state index in [1.165, 1.54) is 19.4 Å². The van der Waals surface area contributed by atoms with Crippen LogP contribution in [0.4, 0.5) is 5.82 Å². The van der Waals surface area contributed by atoms with Gasteiger partial charge in [-0.25, -0.2) is 0 Å². The maximum atomic E-state index is 6.04. The topological polar surface area (TPSA) is 37.2 Å². The highest BCUT2D eigenvalue weighted by Gasteiger charge is 2.25. The van der Waals surface area contributed by atoms with Crippen LogP contribution in [0.15, 0.2) is 36.5 Å². The molecule has 1 saturated heterocycles. The van der Waals surface area contributed by atoms with E-state index in [1.807, 2.05) is 24.3 Å². The van der Waals surface area contributed by atoms with Gasteiger partial charge in [0.25, 0.3) is 0 Å². The highest BCUT2D eigenvalue weighted by molar-refractivity contribution is 6.30. The Kier molecular flexibility index (Phi) is 4.59. The number of halogens is 1. The molecule has 2 aromatic heterocycles. The van der Waals surface area contributed by atoms with E-state index in [0.29, 0.717) is 6.04 Å². The van der Waals surface area contributed by atoms with E-state index in [0.717, 1.165) is 39.5 Å². The molecule has 0 saturated carbocycles. The predicted octanol–water partition coefficient (Wildman–Crippen LogP) is 3.82. The van der Waals surface area contributed by atoms with E-state index >= 15 is 0 Å². The molecule has 0 bridgehead atoms. The van der Waals surface area contributed by atoms with Gasteiger partial charge in [-0.1, -0.05) is 23.7 Å². The quantitative estimate of drug-likeness (QED) is 0.703. The van der Waals surface area contributed by atoms with Crippen molar-refractivity contribution in [1.29, 1.82) is 0 Å². The van der Waals surface area contributed by atoms with Gasteiger partial charge in [0.2, 0.25) is 0 Å². The number of hydrogen-bond acceptors (Lipinski definition) is 4. The monoisotopic (exact) mass is 369 g/mol. The molecule has 1 aromatic carbocycles. The summed E-state index contributed by atoms with van der Waals surface area (Å²) >= 11 is 6.04. The Labute approximate surface area is 159 Å². The van der Waals surface area contributed by atoms with Crippen LogP contribution in [-0.4, -0.2) is 52.9 Å². The molecule has 0 amide bonds. The zero-order valence-electron chi connectivity index (χ0n) is 15.5. The zero-order valence-corrected chi connectivity index (χ0v) is 16.2. The summed E-state index contributed by atoms with van der Waals surface area (Å²) in [6, 6.07) is 10.4. The fourth-order valence-corrected chi connectivity index (χ4v) is 4.01. The molecule has 0 radical (unpaired) electrons. The Balaban J connectivity index is 1.79. The average Bonchev–Trinajstić information content (AvgIpc) is 3.03. The van der Waals surface area contributed by atoms with Crippen LogP contribution in [0.25, 0.3) is 22.2 Å². The molecule has 0 spiro atoms. The maximum absolute atomic E-state index is 6.04. The van der Waals surface area contributed by atoms with Crippen molar-refractivity contribution in [1.82, 2.24) is 19.7 Å². The van der Waals surface area contributed by atoms with E-state index < -0.39 is 0 Å². The van der Waals surface area contributed by atoms with E-state index in [1.54, 1.807) is 0 Å². The maximum Gasteiger partial charge on any atom is 0.175 e. The van der Waals surface area contributed by atoms with Crippen molar-refractivity contribution >= 4 is 28.3 Å². The summed E-state index contributed by atoms with van der Waals surface area (Å²) in [5.41, 5.74) is 3.06. The molecule has 26 heavy (non-hydrogen) atoms. The van der Waals surface area contributed by atoms with E-state index in [9.17, 15) is 0 Å². The van der Waals surface area contributed by atoms with Gasteiger partial charge >= 0.3 is 0 Å². The third-order valence-electron chi connectivity index (χ3n) is 5.38. The summed E-state index contributed by atoms with van der Waals surface area (Å²) in [5, 5.41) is 11.1. The van der Waals surface area contributed by atoms with E-state index in [4.69, 9.17) is 11.6 Å². The second kappa shape index (κ2) is 6.89. The van der Waals surface area contributed by atoms with Crippen LogP contribution in [0, 0.1) is 0 Å². The lowest BCUT2D eigenvalue weighted by Crippen LogP contribution is -2.45. The molecule has 3 heterocycles. The van der Waals surface area contributed by atoms with Crippen LogP contribution >= 0.6 is 11.6 Å². The molecular weight excluding hydrogens is 346 g/mol. The Morgan fingerprint density at radius 2 is 1.88 bits per heavy atom. The predicted molar refractivity (Wildman–Crippen MR) is 108 cm³/mol. The van der Waals surface area contributed by atoms with Crippen molar-refractivity contribution in [2.24, 2.45) is 7.05 Å². The first-order valence-electron chi connectivity index (χ1n) is 9.03. The molecule has 1 aliphatic rings. The summed E-state index contributed by atoms with van der Waals surface area (Å²) in [6.45, 7) is 2.23. The standard InChI is InChI=1S/C20H24ClN5/c1-24-11-4-5-16(13-24)26(3)20-19-17(10-12-25(19)2)18(22-23-20)14-6-8-15(21)9-7-14/h6-10,12,16H,4-5,11,13H2,1-3H3/t16-/m1/s1. The molecule has 136 valence electrons. The number of likely N-dealkylation sites (tertiary alicyclic amines) is 1. The van der Waals surface area contributed by atoms with Gasteiger partial charge in [-0.15, -0.1) is 10.2 Å². The molecule has 6 heteroatoms. The van der Waals surface area contributed by atoms with Crippen LogP contribution in [0.3, 0.4) is 0 Å². The number of aromatic nitrogens is 3.